The van der Waals surface area contributed by atoms with Gasteiger partial charge in [-0.15, -0.1) is 11.3 Å². The molecule has 3 heterocycles. The maximum Gasteiger partial charge on any atom is 0.269 e. The Morgan fingerprint density at radius 1 is 1.52 bits per heavy atom. The van der Waals surface area contributed by atoms with Crippen molar-refractivity contribution in [3.8, 4) is 0 Å². The summed E-state index contributed by atoms with van der Waals surface area (Å²) in [6.45, 7) is 0. The first-order chi connectivity index (χ1) is 10.1. The van der Waals surface area contributed by atoms with Crippen molar-refractivity contribution in [3.05, 3.63) is 40.3 Å². The Kier molecular flexibility index (Phi) is 3.74. The van der Waals surface area contributed by atoms with Crippen molar-refractivity contribution >= 4 is 23.2 Å². The Hall–Kier alpha value is -2.15. The van der Waals surface area contributed by atoms with E-state index in [1.54, 1.807) is 30.6 Å². The van der Waals surface area contributed by atoms with E-state index in [9.17, 15) is 9.59 Å². The molecule has 0 bridgehead atoms. The van der Waals surface area contributed by atoms with Crippen LogP contribution >= 0.6 is 11.3 Å². The van der Waals surface area contributed by atoms with Crippen molar-refractivity contribution in [1.29, 1.82) is 0 Å². The van der Waals surface area contributed by atoms with E-state index in [0.717, 1.165) is 4.88 Å². The van der Waals surface area contributed by atoms with Crippen molar-refractivity contribution in [3.63, 3.8) is 0 Å². The molecule has 0 spiro atoms. The monoisotopic (exact) mass is 304 g/mol. The number of nitrogens with one attached hydrogen (secondary N) is 2. The lowest BCUT2D eigenvalue weighted by Crippen LogP contribution is -2.50. The summed E-state index contributed by atoms with van der Waals surface area (Å²) in [5, 5.41) is 11.9. The Morgan fingerprint density at radius 2 is 2.38 bits per heavy atom. The van der Waals surface area contributed by atoms with Crippen molar-refractivity contribution in [2.75, 3.05) is 0 Å². The van der Waals surface area contributed by atoms with Gasteiger partial charge in [0.25, 0.3) is 5.91 Å². The highest BCUT2D eigenvalue weighted by molar-refractivity contribution is 7.10. The van der Waals surface area contributed by atoms with Crippen LogP contribution in [0.1, 0.15) is 34.2 Å². The summed E-state index contributed by atoms with van der Waals surface area (Å²) in [7, 11) is 1.73. The fourth-order valence-corrected chi connectivity index (χ4v) is 3.37. The van der Waals surface area contributed by atoms with Crippen molar-refractivity contribution in [1.82, 2.24) is 20.4 Å². The summed E-state index contributed by atoms with van der Waals surface area (Å²) in [5.41, 5.74) is 0.511. The Bertz CT molecular complexity index is 650. The van der Waals surface area contributed by atoms with Crippen molar-refractivity contribution in [2.45, 2.75) is 24.9 Å². The lowest BCUT2D eigenvalue weighted by Gasteiger charge is -2.32. The minimum absolute atomic E-state index is 0.0273. The fraction of sp³-hybridized carbons (Fsp3) is 0.357. The Labute approximate surface area is 126 Å². The lowest BCUT2D eigenvalue weighted by molar-refractivity contribution is -0.123. The van der Waals surface area contributed by atoms with Crippen LogP contribution in [-0.2, 0) is 11.8 Å². The van der Waals surface area contributed by atoms with E-state index in [-0.39, 0.29) is 23.9 Å². The van der Waals surface area contributed by atoms with Crippen molar-refractivity contribution in [2.24, 2.45) is 7.05 Å². The first-order valence-electron chi connectivity index (χ1n) is 6.77. The number of hydrogen-bond donors (Lipinski definition) is 2. The number of thiophene rings is 1. The highest BCUT2D eigenvalue weighted by atomic mass is 32.1. The molecule has 2 aromatic heterocycles. The van der Waals surface area contributed by atoms with Gasteiger partial charge in [0.15, 0.2) is 0 Å². The zero-order valence-corrected chi connectivity index (χ0v) is 12.4. The van der Waals surface area contributed by atoms with Crippen LogP contribution in [0.2, 0.25) is 0 Å². The molecule has 1 saturated heterocycles. The van der Waals surface area contributed by atoms with Gasteiger partial charge >= 0.3 is 0 Å². The molecule has 2 amide bonds. The van der Waals surface area contributed by atoms with Gasteiger partial charge < -0.3 is 10.6 Å². The molecule has 0 aromatic carbocycles. The van der Waals surface area contributed by atoms with Gasteiger partial charge in [-0.1, -0.05) is 6.07 Å². The molecule has 6 nitrogen and oxygen atoms in total. The van der Waals surface area contributed by atoms with Gasteiger partial charge in [0.05, 0.1) is 12.1 Å². The maximum atomic E-state index is 12.3. The molecule has 21 heavy (non-hydrogen) atoms. The molecule has 1 aliphatic heterocycles. The predicted molar refractivity (Wildman–Crippen MR) is 78.9 cm³/mol. The Morgan fingerprint density at radius 3 is 3.05 bits per heavy atom. The third-order valence-corrected chi connectivity index (χ3v) is 4.58. The molecular formula is C14H16N4O2S. The summed E-state index contributed by atoms with van der Waals surface area (Å²) in [4.78, 5) is 25.0. The molecular weight excluding hydrogens is 288 g/mol. The number of aromatic nitrogens is 2. The summed E-state index contributed by atoms with van der Waals surface area (Å²) >= 11 is 1.58. The molecule has 7 heteroatoms. The quantitative estimate of drug-likeness (QED) is 0.895. The van der Waals surface area contributed by atoms with E-state index in [0.29, 0.717) is 18.5 Å². The molecule has 110 valence electrons. The van der Waals surface area contributed by atoms with E-state index in [1.807, 2.05) is 17.5 Å². The zero-order valence-electron chi connectivity index (χ0n) is 11.6. The van der Waals surface area contributed by atoms with Crippen LogP contribution in [-0.4, -0.2) is 27.6 Å². The second-order valence-electron chi connectivity index (χ2n) is 5.02. The van der Waals surface area contributed by atoms with E-state index in [1.165, 1.54) is 4.68 Å². The number of nitrogens with zero attached hydrogens (tertiary/aromatic N) is 2. The van der Waals surface area contributed by atoms with Crippen LogP contribution in [0, 0.1) is 0 Å². The number of aryl methyl sites for hydroxylation is 1. The molecule has 2 atom stereocenters. The summed E-state index contributed by atoms with van der Waals surface area (Å²) < 4.78 is 1.54. The largest absolute Gasteiger partial charge is 0.346 e. The van der Waals surface area contributed by atoms with Gasteiger partial charge in [0, 0.05) is 24.5 Å². The molecule has 2 aromatic rings. The molecule has 1 fully saturated rings. The average molecular weight is 304 g/mol. The highest BCUT2D eigenvalue weighted by Gasteiger charge is 2.32. The van der Waals surface area contributed by atoms with Crippen LogP contribution in [0.15, 0.2) is 29.8 Å². The number of rotatable bonds is 3. The first kappa shape index (κ1) is 13.8. The standard InChI is InChI=1S/C14H16N4O2S/c1-18-10(6-7-15-18)14(20)16-9-4-5-12(19)17-13(9)11-3-2-8-21-11/h2-3,6-9,13H,4-5H2,1H3,(H,16,20)(H,17,19)/t9-,13-/m1/s1. The molecule has 0 aliphatic carbocycles. The molecule has 1 aliphatic rings. The van der Waals surface area contributed by atoms with Gasteiger partial charge in [0.1, 0.15) is 5.69 Å². The topological polar surface area (TPSA) is 76.0 Å². The van der Waals surface area contributed by atoms with E-state index in [4.69, 9.17) is 0 Å². The minimum Gasteiger partial charge on any atom is -0.346 e. The molecule has 0 radical (unpaired) electrons. The number of carbonyl (C=O) groups is 2. The number of piperidine rings is 1. The van der Waals surface area contributed by atoms with Gasteiger partial charge in [-0.05, 0) is 23.9 Å². The normalized spacial score (nSPS) is 21.9. The number of carbonyl (C=O) groups excluding carboxylic acids is 2. The lowest BCUT2D eigenvalue weighted by atomic mass is 9.96. The SMILES string of the molecule is Cn1nccc1C(=O)N[C@@H]1CCC(=O)N[C@H]1c1cccs1. The number of amides is 2. The third-order valence-electron chi connectivity index (χ3n) is 3.62. The minimum atomic E-state index is -0.169. The fourth-order valence-electron chi connectivity index (χ4n) is 2.53. The summed E-state index contributed by atoms with van der Waals surface area (Å²) in [5.74, 6) is -0.142. The van der Waals surface area contributed by atoms with Crippen molar-refractivity contribution < 1.29 is 9.59 Å². The van der Waals surface area contributed by atoms with Gasteiger partial charge in [-0.2, -0.15) is 5.10 Å². The second-order valence-corrected chi connectivity index (χ2v) is 6.00. The summed E-state index contributed by atoms with van der Waals surface area (Å²) in [6, 6.07) is 5.33. The molecule has 0 unspecified atom stereocenters. The van der Waals surface area contributed by atoms with E-state index in [2.05, 4.69) is 15.7 Å². The number of hydrogen-bond acceptors (Lipinski definition) is 4. The smallest absolute Gasteiger partial charge is 0.269 e. The van der Waals surface area contributed by atoms with Gasteiger partial charge in [0.2, 0.25) is 5.91 Å². The highest BCUT2D eigenvalue weighted by Crippen LogP contribution is 2.27. The molecule has 2 N–H and O–H groups in total. The predicted octanol–water partition coefficient (Wildman–Crippen LogP) is 1.23. The second kappa shape index (κ2) is 5.69. The van der Waals surface area contributed by atoms with Crippen LogP contribution < -0.4 is 10.6 Å². The van der Waals surface area contributed by atoms with E-state index >= 15 is 0 Å². The van der Waals surface area contributed by atoms with Crippen LogP contribution in [0.4, 0.5) is 0 Å². The van der Waals surface area contributed by atoms with Crippen LogP contribution in [0.5, 0.6) is 0 Å². The third kappa shape index (κ3) is 2.82. The summed E-state index contributed by atoms with van der Waals surface area (Å²) in [6.07, 6.45) is 2.66. The molecule has 3 rings (SSSR count). The average Bonchev–Trinajstić information content (AvgIpc) is 3.11. The van der Waals surface area contributed by atoms with Gasteiger partial charge in [-0.25, -0.2) is 0 Å². The maximum absolute atomic E-state index is 12.3. The molecule has 0 saturated carbocycles. The van der Waals surface area contributed by atoms with E-state index < -0.39 is 0 Å². The van der Waals surface area contributed by atoms with Gasteiger partial charge in [-0.3, -0.25) is 14.3 Å². The van der Waals surface area contributed by atoms with Crippen LogP contribution in [0.3, 0.4) is 0 Å². The zero-order chi connectivity index (χ0) is 14.8. The Balaban J connectivity index is 1.78. The van der Waals surface area contributed by atoms with Crippen LogP contribution in [0.25, 0.3) is 0 Å². The first-order valence-corrected chi connectivity index (χ1v) is 7.65.